The van der Waals surface area contributed by atoms with Gasteiger partial charge >= 0.3 is 12.1 Å². The van der Waals surface area contributed by atoms with Gasteiger partial charge in [0.05, 0.1) is 35.7 Å². The van der Waals surface area contributed by atoms with Crippen LogP contribution in [0.4, 0.5) is 13.2 Å². The molecule has 0 atom stereocenters. The maximum atomic E-state index is 12.3. The van der Waals surface area contributed by atoms with Gasteiger partial charge in [-0.25, -0.2) is 14.8 Å². The Hall–Kier alpha value is -3.93. The second kappa shape index (κ2) is 10.6. The number of carboxylic acids is 1. The molecule has 2 aromatic carbocycles. The van der Waals surface area contributed by atoms with E-state index in [9.17, 15) is 18.0 Å². The van der Waals surface area contributed by atoms with E-state index in [1.54, 1.807) is 25.6 Å². The minimum Gasteiger partial charge on any atom is -0.495 e. The second-order valence-corrected chi connectivity index (χ2v) is 8.02. The lowest BCUT2D eigenvalue weighted by Gasteiger charge is -2.10. The molecule has 4 aromatic rings. The number of carbonyl (C=O) groups is 1. The summed E-state index contributed by atoms with van der Waals surface area (Å²) in [6, 6.07) is 11.3. The first-order chi connectivity index (χ1) is 16.5. The van der Waals surface area contributed by atoms with E-state index in [-0.39, 0.29) is 5.56 Å². The number of benzene rings is 2. The molecule has 0 aliphatic rings. The van der Waals surface area contributed by atoms with Gasteiger partial charge in [0.1, 0.15) is 11.6 Å². The molecule has 2 aromatic heterocycles. The van der Waals surface area contributed by atoms with Crippen molar-refractivity contribution in [1.29, 1.82) is 0 Å². The van der Waals surface area contributed by atoms with Crippen molar-refractivity contribution in [3.05, 3.63) is 80.8 Å². The first-order valence-electron chi connectivity index (χ1n) is 9.84. The van der Waals surface area contributed by atoms with Crippen LogP contribution in [0.25, 0.3) is 28.7 Å². The molecule has 35 heavy (non-hydrogen) atoms. The average molecular weight is 551 g/mol. The largest absolute Gasteiger partial charge is 0.495 e. The number of nitrogens with zero attached hydrogens (tertiary/aromatic N) is 3. The number of hydrogen-bond donors (Lipinski definition) is 2. The van der Waals surface area contributed by atoms with E-state index >= 15 is 0 Å². The number of rotatable bonds is 4. The maximum Gasteiger partial charge on any atom is 0.490 e. The number of imidazole rings is 1. The number of aryl methyl sites for hydroxylation is 1. The van der Waals surface area contributed by atoms with Crippen LogP contribution in [-0.4, -0.2) is 43.9 Å². The van der Waals surface area contributed by atoms with Crippen LogP contribution in [0.3, 0.4) is 0 Å². The molecule has 4 rings (SSSR count). The SMILES string of the molecule is COc1cc(/C=C/c2nc3cc(Br)ccc3c(=O)[nH]2)ccc1-n1cnc(C)c1.O=C(O)C(F)(F)F. The third kappa shape index (κ3) is 6.57. The monoisotopic (exact) mass is 550 g/mol. The molecular weight excluding hydrogens is 533 g/mol. The number of aromatic nitrogens is 4. The number of H-pyrrole nitrogens is 1. The third-order valence-corrected chi connectivity index (χ3v) is 5.05. The first kappa shape index (κ1) is 25.7. The van der Waals surface area contributed by atoms with Gasteiger partial charge in [0.2, 0.25) is 0 Å². The molecule has 0 aliphatic heterocycles. The number of fused-ring (bicyclic) bond motifs is 1. The predicted octanol–water partition coefficient (Wildman–Crippen LogP) is 4.99. The van der Waals surface area contributed by atoms with Crippen molar-refractivity contribution in [2.75, 3.05) is 7.11 Å². The molecule has 0 unspecified atom stereocenters. The molecule has 2 N–H and O–H groups in total. The Morgan fingerprint density at radius 2 is 1.91 bits per heavy atom. The Bertz CT molecular complexity index is 1460. The van der Waals surface area contributed by atoms with Crippen LogP contribution in [0.1, 0.15) is 17.1 Å². The zero-order valence-corrected chi connectivity index (χ0v) is 19.9. The van der Waals surface area contributed by atoms with Crippen LogP contribution in [-0.2, 0) is 4.79 Å². The predicted molar refractivity (Wildman–Crippen MR) is 128 cm³/mol. The van der Waals surface area contributed by atoms with Crippen LogP contribution in [0, 0.1) is 6.92 Å². The van der Waals surface area contributed by atoms with Gasteiger partial charge in [0.15, 0.2) is 0 Å². The Labute approximate surface area is 204 Å². The summed E-state index contributed by atoms with van der Waals surface area (Å²) >= 11 is 3.41. The van der Waals surface area contributed by atoms with Gasteiger partial charge in [-0.3, -0.25) is 4.79 Å². The van der Waals surface area contributed by atoms with Crippen molar-refractivity contribution in [3.8, 4) is 11.4 Å². The van der Waals surface area contributed by atoms with E-state index in [1.807, 2.05) is 54.1 Å². The van der Waals surface area contributed by atoms with Crippen LogP contribution in [0.15, 0.2) is 58.2 Å². The number of methoxy groups -OCH3 is 1. The van der Waals surface area contributed by atoms with E-state index in [4.69, 9.17) is 14.6 Å². The van der Waals surface area contributed by atoms with Gasteiger partial charge in [-0.2, -0.15) is 13.2 Å². The molecule has 182 valence electrons. The highest BCUT2D eigenvalue weighted by Gasteiger charge is 2.38. The lowest BCUT2D eigenvalue weighted by atomic mass is 10.1. The zero-order chi connectivity index (χ0) is 25.8. The molecule has 0 saturated heterocycles. The fourth-order valence-electron chi connectivity index (χ4n) is 2.95. The highest BCUT2D eigenvalue weighted by Crippen LogP contribution is 2.25. The standard InChI is InChI=1S/C21H17BrN4O2.C2HF3O2/c1-13-11-26(12-23-13)18-7-3-14(9-19(18)28-2)4-8-20-24-17-10-15(22)5-6-16(17)21(27)25-20;3-2(4,5)1(6)7/h3-12H,1-2H3,(H,24,25,27);(H,6,7)/b8-4+;. The van der Waals surface area contributed by atoms with Gasteiger partial charge in [-0.1, -0.05) is 28.1 Å². The Morgan fingerprint density at radius 3 is 2.51 bits per heavy atom. The average Bonchev–Trinajstić information content (AvgIpc) is 3.23. The fraction of sp³-hybridized carbons (Fsp3) is 0.130. The summed E-state index contributed by atoms with van der Waals surface area (Å²) in [6.07, 6.45) is 2.27. The van der Waals surface area contributed by atoms with Crippen molar-refractivity contribution in [3.63, 3.8) is 0 Å². The smallest absolute Gasteiger partial charge is 0.490 e. The van der Waals surface area contributed by atoms with Gasteiger partial charge in [-0.05, 0) is 48.9 Å². The van der Waals surface area contributed by atoms with Gasteiger partial charge in [0.25, 0.3) is 5.56 Å². The van der Waals surface area contributed by atoms with E-state index in [2.05, 4.69) is 30.9 Å². The van der Waals surface area contributed by atoms with Crippen molar-refractivity contribution in [1.82, 2.24) is 19.5 Å². The Morgan fingerprint density at radius 1 is 1.20 bits per heavy atom. The topological polar surface area (TPSA) is 110 Å². The number of hydrogen-bond acceptors (Lipinski definition) is 5. The molecule has 0 fully saturated rings. The second-order valence-electron chi connectivity index (χ2n) is 7.10. The summed E-state index contributed by atoms with van der Waals surface area (Å²) < 4.78 is 40.1. The van der Waals surface area contributed by atoms with E-state index < -0.39 is 12.1 Å². The number of aromatic amines is 1. The minimum absolute atomic E-state index is 0.166. The first-order valence-corrected chi connectivity index (χ1v) is 10.6. The van der Waals surface area contributed by atoms with Crippen LogP contribution in [0.5, 0.6) is 5.75 Å². The summed E-state index contributed by atoms with van der Waals surface area (Å²) in [6.45, 7) is 1.94. The summed E-state index contributed by atoms with van der Waals surface area (Å²) in [5.41, 5.74) is 3.24. The summed E-state index contributed by atoms with van der Waals surface area (Å²) in [4.78, 5) is 32.7. The number of aliphatic carboxylic acids is 1. The van der Waals surface area contributed by atoms with Crippen molar-refractivity contribution >= 4 is 45.0 Å². The molecule has 0 amide bonds. The number of ether oxygens (including phenoxy) is 1. The Balaban J connectivity index is 0.000000429. The molecule has 12 heteroatoms. The van der Waals surface area contributed by atoms with Crippen molar-refractivity contribution in [2.45, 2.75) is 13.1 Å². The van der Waals surface area contributed by atoms with Gasteiger partial charge < -0.3 is 19.4 Å². The van der Waals surface area contributed by atoms with Gasteiger partial charge in [-0.15, -0.1) is 0 Å². The summed E-state index contributed by atoms with van der Waals surface area (Å²) in [5.74, 6) is -1.54. The zero-order valence-electron chi connectivity index (χ0n) is 18.3. The molecule has 0 aliphatic carbocycles. The number of carboxylic acid groups (broad SMARTS) is 1. The normalized spacial score (nSPS) is 11.4. The molecule has 2 heterocycles. The molecule has 8 nitrogen and oxygen atoms in total. The number of alkyl halides is 3. The van der Waals surface area contributed by atoms with Gasteiger partial charge in [0, 0.05) is 10.7 Å². The third-order valence-electron chi connectivity index (χ3n) is 4.56. The van der Waals surface area contributed by atoms with Crippen LogP contribution < -0.4 is 10.3 Å². The summed E-state index contributed by atoms with van der Waals surface area (Å²) in [5, 5.41) is 7.68. The Kier molecular flexibility index (Phi) is 7.75. The summed E-state index contributed by atoms with van der Waals surface area (Å²) in [7, 11) is 1.64. The molecule has 0 radical (unpaired) electrons. The van der Waals surface area contributed by atoms with Crippen molar-refractivity contribution in [2.24, 2.45) is 0 Å². The fourth-order valence-corrected chi connectivity index (χ4v) is 3.30. The lowest BCUT2D eigenvalue weighted by Crippen LogP contribution is -2.21. The van der Waals surface area contributed by atoms with Crippen LogP contribution >= 0.6 is 15.9 Å². The lowest BCUT2D eigenvalue weighted by molar-refractivity contribution is -0.192. The molecule has 0 saturated carbocycles. The molecule has 0 spiro atoms. The number of nitrogens with one attached hydrogen (secondary N) is 1. The minimum atomic E-state index is -5.08. The van der Waals surface area contributed by atoms with Crippen LogP contribution in [0.2, 0.25) is 0 Å². The maximum absolute atomic E-state index is 12.3. The highest BCUT2D eigenvalue weighted by molar-refractivity contribution is 9.10. The van der Waals surface area contributed by atoms with E-state index in [0.29, 0.717) is 16.7 Å². The molecule has 0 bridgehead atoms. The highest BCUT2D eigenvalue weighted by atomic mass is 79.9. The quantitative estimate of drug-likeness (QED) is 0.370. The van der Waals surface area contributed by atoms with Crippen molar-refractivity contribution < 1.29 is 27.8 Å². The van der Waals surface area contributed by atoms with E-state index in [1.165, 1.54) is 0 Å². The molecular formula is C23H18BrF3N4O4. The number of halogens is 4. The van der Waals surface area contributed by atoms with E-state index in [0.717, 1.165) is 27.2 Å².